The van der Waals surface area contributed by atoms with Crippen LogP contribution in [-0.2, 0) is 23.8 Å². The fourth-order valence-electron chi connectivity index (χ4n) is 7.92. The second-order valence-electron chi connectivity index (χ2n) is 15.2. The second-order valence-corrected chi connectivity index (χ2v) is 15.2. The van der Waals surface area contributed by atoms with Crippen LogP contribution in [0.25, 0.3) is 0 Å². The lowest BCUT2D eigenvalue weighted by atomic mass is 9.78. The molecule has 298 valence electrons. The maximum absolute atomic E-state index is 14.6. The number of aromatic hydroxyl groups is 1. The van der Waals surface area contributed by atoms with Gasteiger partial charge in [-0.05, 0) is 32.8 Å². The number of hydrogen-bond donors (Lipinski definition) is 4. The number of carbonyl (C=O) groups excluding carboxylic acids is 5. The number of allylic oxidation sites excluding steroid dienone is 4. The smallest absolute Gasteiger partial charge is 0.312 e. The lowest BCUT2D eigenvalue weighted by molar-refractivity contribution is -0.160. The van der Waals surface area contributed by atoms with Crippen molar-refractivity contribution in [1.82, 2.24) is 10.2 Å². The van der Waals surface area contributed by atoms with Crippen LogP contribution in [0.15, 0.2) is 47.5 Å². The first kappa shape index (κ1) is 41.4. The lowest BCUT2D eigenvalue weighted by Crippen LogP contribution is -2.46. The molecule has 1 saturated heterocycles. The summed E-state index contributed by atoms with van der Waals surface area (Å²) in [5.74, 6) is -8.84. The van der Waals surface area contributed by atoms with E-state index < -0.39 is 94.4 Å². The third-order valence-corrected chi connectivity index (χ3v) is 11.4. The average molecular weight is 765 g/mol. The molecule has 0 saturated carbocycles. The van der Waals surface area contributed by atoms with Crippen molar-refractivity contribution in [3.05, 3.63) is 69.8 Å². The maximum Gasteiger partial charge on any atom is 0.312 e. The number of Topliss-reactive ketones (excluding diaryl/α,β-unsaturated/α-hetero) is 3. The van der Waals surface area contributed by atoms with Crippen LogP contribution in [-0.4, -0.2) is 99.8 Å². The van der Waals surface area contributed by atoms with Crippen LogP contribution in [0.2, 0.25) is 0 Å². The number of ether oxygens (including phenoxy) is 4. The molecule has 14 heteroatoms. The zero-order valence-electron chi connectivity index (χ0n) is 32.8. The van der Waals surface area contributed by atoms with Crippen molar-refractivity contribution in [3.63, 3.8) is 0 Å². The van der Waals surface area contributed by atoms with Gasteiger partial charge in [-0.3, -0.25) is 24.0 Å². The number of phenolic OH excluding ortho intramolecular Hbond substituents is 1. The molecule has 55 heavy (non-hydrogen) atoms. The van der Waals surface area contributed by atoms with Gasteiger partial charge in [0.15, 0.2) is 0 Å². The number of phenols is 1. The molecule has 6 rings (SSSR count). The number of likely N-dealkylation sites (tertiary alicyclic amines) is 1. The number of esters is 1. The molecule has 5 aliphatic rings. The SMILES string of the molecule is CO[C@H]1/C=C/O[C@@]2(C)Oc3c(C)c(O)c4c(c3C2=O)C(=O)C(N2CCCC2)=C(NC(=O)/C(C)=C\C=C\[C@H](C)[C@H](O)[C@@H](C)[C@@H](O)[C@@H](C)[C@H](OC(C)=O)[C@@H]1C)C4=O. The van der Waals surface area contributed by atoms with Crippen molar-refractivity contribution in [2.75, 3.05) is 20.2 Å². The molecular formula is C41H52N2O12. The number of benzene rings is 1. The van der Waals surface area contributed by atoms with Gasteiger partial charge in [-0.25, -0.2) is 0 Å². The fourth-order valence-corrected chi connectivity index (χ4v) is 7.92. The summed E-state index contributed by atoms with van der Waals surface area (Å²) < 4.78 is 23.5. The van der Waals surface area contributed by atoms with E-state index in [1.54, 1.807) is 44.7 Å². The Bertz CT molecular complexity index is 1890. The van der Waals surface area contributed by atoms with Gasteiger partial charge in [-0.1, -0.05) is 45.9 Å². The molecule has 1 fully saturated rings. The molecule has 1 amide bonds. The van der Waals surface area contributed by atoms with Gasteiger partial charge in [0.05, 0.1) is 41.3 Å². The standard InChI is InChI=1S/C41H52N2O12/c1-19-13-12-14-20(2)40(51)42-30-31(43-16-10-11-17-43)36(49)27-28(35(30)48)34(47)24(6)38-29(27)39(50)41(8,55-38)53-18-15-26(52-9)21(3)37(54-25(7)44)23(5)33(46)22(4)32(19)45/h12-15,18-19,21-23,26,32-33,37,45-47H,10-11,16-17H2,1-9H3,(H,42,51)/b13-12+,18-15+,20-14-/t19-,21+,22+,23+,26-,32-,33+,37+,41-/m0/s1. The van der Waals surface area contributed by atoms with Crippen LogP contribution in [0.3, 0.4) is 0 Å². The van der Waals surface area contributed by atoms with E-state index in [9.17, 15) is 39.3 Å². The predicted molar refractivity (Wildman–Crippen MR) is 199 cm³/mol. The Morgan fingerprint density at radius 2 is 1.58 bits per heavy atom. The van der Waals surface area contributed by atoms with Gasteiger partial charge in [0.2, 0.25) is 11.6 Å². The van der Waals surface area contributed by atoms with Crippen molar-refractivity contribution in [2.24, 2.45) is 23.7 Å². The Morgan fingerprint density at radius 1 is 0.927 bits per heavy atom. The van der Waals surface area contributed by atoms with Gasteiger partial charge in [-0.15, -0.1) is 0 Å². The van der Waals surface area contributed by atoms with Crippen LogP contribution in [0.1, 0.15) is 97.9 Å². The minimum Gasteiger partial charge on any atom is -0.507 e. The summed E-state index contributed by atoms with van der Waals surface area (Å²) >= 11 is 0. The Labute approximate surface area is 320 Å². The van der Waals surface area contributed by atoms with Crippen molar-refractivity contribution in [1.29, 1.82) is 0 Å². The topological polar surface area (TPSA) is 198 Å². The largest absolute Gasteiger partial charge is 0.507 e. The number of hydrogen-bond acceptors (Lipinski definition) is 13. The van der Waals surface area contributed by atoms with Gasteiger partial charge < -0.3 is 44.5 Å². The molecule has 14 nitrogen and oxygen atoms in total. The van der Waals surface area contributed by atoms with Gasteiger partial charge >= 0.3 is 11.8 Å². The molecule has 1 aromatic rings. The Morgan fingerprint density at radius 3 is 2.20 bits per heavy atom. The molecular weight excluding hydrogens is 712 g/mol. The second kappa shape index (κ2) is 16.1. The summed E-state index contributed by atoms with van der Waals surface area (Å²) in [5, 5.41) is 36.8. The highest BCUT2D eigenvalue weighted by Crippen LogP contribution is 2.49. The van der Waals surface area contributed by atoms with E-state index in [4.69, 9.17) is 18.9 Å². The molecule has 9 atom stereocenters. The number of methoxy groups -OCH3 is 1. The third-order valence-electron chi connectivity index (χ3n) is 11.4. The molecule has 5 bridgehead atoms. The molecule has 0 aromatic heterocycles. The minimum atomic E-state index is -2.05. The maximum atomic E-state index is 14.6. The third kappa shape index (κ3) is 7.59. The highest BCUT2D eigenvalue weighted by molar-refractivity contribution is 6.32. The van der Waals surface area contributed by atoms with E-state index in [2.05, 4.69) is 5.32 Å². The lowest BCUT2D eigenvalue weighted by Gasteiger charge is -2.38. The number of nitrogens with one attached hydrogen (secondary N) is 1. The van der Waals surface area contributed by atoms with Crippen molar-refractivity contribution >= 4 is 29.2 Å². The number of nitrogens with zero attached hydrogens (tertiary/aromatic N) is 1. The summed E-state index contributed by atoms with van der Waals surface area (Å²) in [6, 6.07) is 0. The number of fused-ring (bicyclic) bond motifs is 14. The minimum absolute atomic E-state index is 0.0206. The first-order valence-electron chi connectivity index (χ1n) is 18.6. The average Bonchev–Trinajstić information content (AvgIpc) is 3.77. The van der Waals surface area contributed by atoms with E-state index in [0.717, 1.165) is 12.8 Å². The van der Waals surface area contributed by atoms with Crippen molar-refractivity contribution in [2.45, 2.75) is 98.4 Å². The highest BCUT2D eigenvalue weighted by atomic mass is 16.7. The molecule has 4 heterocycles. The van der Waals surface area contributed by atoms with Gasteiger partial charge in [0.25, 0.3) is 11.7 Å². The highest BCUT2D eigenvalue weighted by Gasteiger charge is 2.53. The van der Waals surface area contributed by atoms with Gasteiger partial charge in [0, 0.05) is 68.9 Å². The van der Waals surface area contributed by atoms with Crippen LogP contribution in [0, 0.1) is 30.6 Å². The molecule has 4 aliphatic heterocycles. The molecule has 0 unspecified atom stereocenters. The van der Waals surface area contributed by atoms with E-state index in [-0.39, 0.29) is 39.4 Å². The predicted octanol–water partition coefficient (Wildman–Crippen LogP) is 4.05. The fraction of sp³-hybridized carbons (Fsp3) is 0.537. The van der Waals surface area contributed by atoms with Crippen LogP contribution >= 0.6 is 0 Å². The number of amides is 1. The molecule has 1 aliphatic carbocycles. The zero-order chi connectivity index (χ0) is 40.7. The molecule has 0 radical (unpaired) electrons. The Balaban J connectivity index is 1.66. The van der Waals surface area contributed by atoms with E-state index >= 15 is 0 Å². The summed E-state index contributed by atoms with van der Waals surface area (Å²) in [4.78, 5) is 70.8. The summed E-state index contributed by atoms with van der Waals surface area (Å²) in [7, 11) is 1.43. The number of rotatable bonds is 3. The Hall–Kier alpha value is -4.79. The summed E-state index contributed by atoms with van der Waals surface area (Å²) in [6.07, 6.45) is 4.98. The molecule has 4 N–H and O–H groups in total. The van der Waals surface area contributed by atoms with E-state index in [1.807, 2.05) is 0 Å². The van der Waals surface area contributed by atoms with Crippen LogP contribution < -0.4 is 10.1 Å². The quantitative estimate of drug-likeness (QED) is 0.322. The van der Waals surface area contributed by atoms with E-state index in [1.165, 1.54) is 53.2 Å². The number of carbonyl (C=O) groups is 5. The van der Waals surface area contributed by atoms with Crippen LogP contribution in [0.5, 0.6) is 11.5 Å². The van der Waals surface area contributed by atoms with Gasteiger partial charge in [-0.2, -0.15) is 0 Å². The zero-order valence-corrected chi connectivity index (χ0v) is 32.8. The Kier molecular flexibility index (Phi) is 12.1. The number of ketones is 3. The monoisotopic (exact) mass is 764 g/mol. The van der Waals surface area contributed by atoms with Crippen LogP contribution in [0.4, 0.5) is 0 Å². The van der Waals surface area contributed by atoms with Crippen molar-refractivity contribution in [3.8, 4) is 11.5 Å². The number of aliphatic hydroxyl groups excluding tert-OH is 2. The molecule has 0 spiro atoms. The molecule has 1 aromatic carbocycles. The first-order valence-corrected chi connectivity index (χ1v) is 18.6. The summed E-state index contributed by atoms with van der Waals surface area (Å²) in [5.41, 5.74) is -1.21. The van der Waals surface area contributed by atoms with Crippen molar-refractivity contribution < 1.29 is 58.2 Å². The van der Waals surface area contributed by atoms with Gasteiger partial charge in [0.1, 0.15) is 29.0 Å². The number of aliphatic hydroxyl groups is 2. The first-order chi connectivity index (χ1) is 25.9. The summed E-state index contributed by atoms with van der Waals surface area (Å²) in [6.45, 7) is 13.3. The van der Waals surface area contributed by atoms with E-state index in [0.29, 0.717) is 13.1 Å². The normalized spacial score (nSPS) is 34.1.